The van der Waals surface area contributed by atoms with E-state index in [4.69, 9.17) is 9.52 Å². The van der Waals surface area contributed by atoms with Crippen molar-refractivity contribution in [2.45, 2.75) is 6.54 Å². The average Bonchev–Trinajstić information content (AvgIpc) is 2.30. The zero-order chi connectivity index (χ0) is 11.4. The van der Waals surface area contributed by atoms with Crippen molar-refractivity contribution in [1.29, 1.82) is 0 Å². The molecule has 2 aromatic rings. The van der Waals surface area contributed by atoms with E-state index in [2.05, 4.69) is 5.32 Å². The Hall–Kier alpha value is -1.65. The normalized spacial score (nSPS) is 10.8. The molecule has 4 nitrogen and oxygen atoms in total. The molecule has 0 atom stereocenters. The largest absolute Gasteiger partial charge is 0.422 e. The molecule has 0 saturated heterocycles. The van der Waals surface area contributed by atoms with E-state index in [0.717, 1.165) is 5.39 Å². The van der Waals surface area contributed by atoms with Crippen LogP contribution in [0.1, 0.15) is 5.56 Å². The first-order valence-corrected chi connectivity index (χ1v) is 5.14. The number of hydrogen-bond acceptors (Lipinski definition) is 4. The predicted octanol–water partition coefficient (Wildman–Crippen LogP) is 0.875. The lowest BCUT2D eigenvalue weighted by Crippen LogP contribution is -2.21. The molecule has 0 bridgehead atoms. The van der Waals surface area contributed by atoms with E-state index in [1.54, 1.807) is 6.07 Å². The van der Waals surface area contributed by atoms with E-state index in [9.17, 15) is 4.79 Å². The summed E-state index contributed by atoms with van der Waals surface area (Å²) in [5, 5.41) is 12.5. The molecule has 0 aliphatic heterocycles. The summed E-state index contributed by atoms with van der Waals surface area (Å²) >= 11 is 0. The highest BCUT2D eigenvalue weighted by atomic mass is 16.4. The summed E-state index contributed by atoms with van der Waals surface area (Å²) in [5.41, 5.74) is 0.842. The molecule has 0 fully saturated rings. The van der Waals surface area contributed by atoms with Gasteiger partial charge in [0.15, 0.2) is 0 Å². The Labute approximate surface area is 92.5 Å². The van der Waals surface area contributed by atoms with Gasteiger partial charge in [-0.25, -0.2) is 4.79 Å². The first-order valence-electron chi connectivity index (χ1n) is 5.14. The lowest BCUT2D eigenvalue weighted by Gasteiger charge is -2.02. The third-order valence-electron chi connectivity index (χ3n) is 2.32. The maximum atomic E-state index is 11.6. The zero-order valence-electron chi connectivity index (χ0n) is 8.77. The minimum atomic E-state index is -0.330. The van der Waals surface area contributed by atoms with Gasteiger partial charge in [-0.05, 0) is 12.1 Å². The monoisotopic (exact) mass is 219 g/mol. The number of fused-ring (bicyclic) bond motifs is 1. The van der Waals surface area contributed by atoms with E-state index in [0.29, 0.717) is 24.2 Å². The van der Waals surface area contributed by atoms with Crippen LogP contribution in [0.4, 0.5) is 0 Å². The summed E-state index contributed by atoms with van der Waals surface area (Å²) in [7, 11) is 0. The van der Waals surface area contributed by atoms with Gasteiger partial charge in [0.05, 0.1) is 12.2 Å². The molecule has 0 radical (unpaired) electrons. The Kier molecular flexibility index (Phi) is 3.34. The van der Waals surface area contributed by atoms with Crippen molar-refractivity contribution < 1.29 is 9.52 Å². The van der Waals surface area contributed by atoms with Crippen molar-refractivity contribution in [2.24, 2.45) is 0 Å². The highest BCUT2D eigenvalue weighted by Crippen LogP contribution is 2.12. The maximum Gasteiger partial charge on any atom is 0.340 e. The molecule has 2 rings (SSSR count). The molecule has 0 unspecified atom stereocenters. The topological polar surface area (TPSA) is 62.5 Å². The molecule has 16 heavy (non-hydrogen) atoms. The van der Waals surface area contributed by atoms with E-state index >= 15 is 0 Å². The predicted molar refractivity (Wildman–Crippen MR) is 61.3 cm³/mol. The number of para-hydroxylation sites is 1. The Morgan fingerprint density at radius 2 is 2.12 bits per heavy atom. The van der Waals surface area contributed by atoms with Gasteiger partial charge in [0.2, 0.25) is 0 Å². The van der Waals surface area contributed by atoms with Crippen molar-refractivity contribution in [2.75, 3.05) is 13.2 Å². The number of rotatable bonds is 4. The fourth-order valence-corrected chi connectivity index (χ4v) is 1.53. The van der Waals surface area contributed by atoms with Crippen LogP contribution in [0.3, 0.4) is 0 Å². The Morgan fingerprint density at radius 1 is 1.31 bits per heavy atom. The molecule has 0 amide bonds. The van der Waals surface area contributed by atoms with Gasteiger partial charge in [-0.15, -0.1) is 0 Å². The van der Waals surface area contributed by atoms with Crippen molar-refractivity contribution in [3.63, 3.8) is 0 Å². The Balaban J connectivity index is 2.31. The second-order valence-electron chi connectivity index (χ2n) is 3.50. The third-order valence-corrected chi connectivity index (χ3v) is 2.32. The minimum Gasteiger partial charge on any atom is -0.422 e. The van der Waals surface area contributed by atoms with Gasteiger partial charge in [-0.1, -0.05) is 18.2 Å². The van der Waals surface area contributed by atoms with Gasteiger partial charge < -0.3 is 14.8 Å². The van der Waals surface area contributed by atoms with Crippen molar-refractivity contribution in [1.82, 2.24) is 5.32 Å². The van der Waals surface area contributed by atoms with Gasteiger partial charge in [0, 0.05) is 18.5 Å². The van der Waals surface area contributed by atoms with E-state index in [-0.39, 0.29) is 12.2 Å². The number of benzene rings is 1. The fourth-order valence-electron chi connectivity index (χ4n) is 1.53. The van der Waals surface area contributed by atoms with Gasteiger partial charge in [-0.2, -0.15) is 0 Å². The molecule has 84 valence electrons. The SMILES string of the molecule is O=c1oc2ccccc2cc1CNCCO. The zero-order valence-corrected chi connectivity index (χ0v) is 8.77. The third kappa shape index (κ3) is 2.29. The molecular formula is C12H13NO3. The van der Waals surface area contributed by atoms with Gasteiger partial charge >= 0.3 is 5.63 Å². The highest BCUT2D eigenvalue weighted by molar-refractivity contribution is 5.76. The number of aliphatic hydroxyl groups is 1. The maximum absolute atomic E-state index is 11.6. The summed E-state index contributed by atoms with van der Waals surface area (Å²) in [6, 6.07) is 9.20. The second-order valence-corrected chi connectivity index (χ2v) is 3.50. The first kappa shape index (κ1) is 10.9. The lowest BCUT2D eigenvalue weighted by atomic mass is 10.2. The molecule has 0 spiro atoms. The summed E-state index contributed by atoms with van der Waals surface area (Å²) in [6.45, 7) is 0.929. The van der Waals surface area contributed by atoms with Crippen LogP contribution in [0.15, 0.2) is 39.5 Å². The number of aliphatic hydroxyl groups excluding tert-OH is 1. The standard InChI is InChI=1S/C12H13NO3/c14-6-5-13-8-10-7-9-3-1-2-4-11(9)16-12(10)15/h1-4,7,13-14H,5-6,8H2. The molecule has 0 saturated carbocycles. The van der Waals surface area contributed by atoms with Crippen molar-refractivity contribution >= 4 is 11.0 Å². The van der Waals surface area contributed by atoms with Crippen LogP contribution in [0.2, 0.25) is 0 Å². The van der Waals surface area contributed by atoms with Crippen LogP contribution < -0.4 is 10.9 Å². The highest BCUT2D eigenvalue weighted by Gasteiger charge is 2.03. The first-order chi connectivity index (χ1) is 7.81. The van der Waals surface area contributed by atoms with Crippen LogP contribution in [-0.4, -0.2) is 18.3 Å². The molecule has 1 heterocycles. The molecule has 1 aromatic heterocycles. The molecule has 4 heteroatoms. The van der Waals surface area contributed by atoms with Crippen molar-refractivity contribution in [3.05, 3.63) is 46.3 Å². The molecule has 0 aliphatic rings. The van der Waals surface area contributed by atoms with Crippen LogP contribution in [-0.2, 0) is 6.54 Å². The minimum absolute atomic E-state index is 0.0545. The summed E-state index contributed by atoms with van der Waals surface area (Å²) in [5.74, 6) is 0. The lowest BCUT2D eigenvalue weighted by molar-refractivity contribution is 0.291. The van der Waals surface area contributed by atoms with Crippen LogP contribution in [0, 0.1) is 0 Å². The smallest absolute Gasteiger partial charge is 0.340 e. The van der Waals surface area contributed by atoms with Gasteiger partial charge in [0.25, 0.3) is 0 Å². The summed E-state index contributed by atoms with van der Waals surface area (Å²) in [6.07, 6.45) is 0. The van der Waals surface area contributed by atoms with E-state index in [1.165, 1.54) is 0 Å². The second kappa shape index (κ2) is 4.92. The molecule has 2 N–H and O–H groups in total. The summed E-state index contributed by atoms with van der Waals surface area (Å²) < 4.78 is 5.17. The quantitative estimate of drug-likeness (QED) is 0.591. The van der Waals surface area contributed by atoms with Crippen molar-refractivity contribution in [3.8, 4) is 0 Å². The molecule has 0 aliphatic carbocycles. The van der Waals surface area contributed by atoms with E-state index < -0.39 is 0 Å². The summed E-state index contributed by atoms with van der Waals surface area (Å²) in [4.78, 5) is 11.6. The fraction of sp³-hybridized carbons (Fsp3) is 0.250. The van der Waals surface area contributed by atoms with Gasteiger partial charge in [-0.3, -0.25) is 0 Å². The van der Waals surface area contributed by atoms with Crippen LogP contribution in [0.5, 0.6) is 0 Å². The molecule has 1 aromatic carbocycles. The van der Waals surface area contributed by atoms with E-state index in [1.807, 2.05) is 24.3 Å². The van der Waals surface area contributed by atoms with Crippen LogP contribution in [0.25, 0.3) is 11.0 Å². The number of nitrogens with one attached hydrogen (secondary N) is 1. The number of hydrogen-bond donors (Lipinski definition) is 2. The van der Waals surface area contributed by atoms with Gasteiger partial charge in [0.1, 0.15) is 5.58 Å². The Bertz CT molecular complexity index is 533. The Morgan fingerprint density at radius 3 is 2.94 bits per heavy atom. The average molecular weight is 219 g/mol. The van der Waals surface area contributed by atoms with Crippen LogP contribution >= 0.6 is 0 Å². The molecular weight excluding hydrogens is 206 g/mol.